The van der Waals surface area contributed by atoms with Gasteiger partial charge >= 0.3 is 0 Å². The van der Waals surface area contributed by atoms with E-state index >= 15 is 0 Å². The third-order valence-electron chi connectivity index (χ3n) is 4.92. The summed E-state index contributed by atoms with van der Waals surface area (Å²) in [5, 5.41) is 18.9. The molecule has 0 N–H and O–H groups in total. The molecule has 0 saturated carbocycles. The van der Waals surface area contributed by atoms with Crippen molar-refractivity contribution >= 4 is 38.7 Å². The van der Waals surface area contributed by atoms with Crippen molar-refractivity contribution in [2.45, 2.75) is 6.54 Å². The van der Waals surface area contributed by atoms with Gasteiger partial charge in [-0.05, 0) is 68.0 Å². The second-order valence-corrected chi connectivity index (χ2v) is 8.65. The van der Waals surface area contributed by atoms with E-state index < -0.39 is 0 Å². The minimum atomic E-state index is -0.0445. The van der Waals surface area contributed by atoms with Crippen LogP contribution in [0.5, 0.6) is 0 Å². The first-order chi connectivity index (χ1) is 14.7. The lowest BCUT2D eigenvalue weighted by Crippen LogP contribution is -2.26. The highest BCUT2D eigenvalue weighted by molar-refractivity contribution is 7.17. The number of aromatic nitrogens is 4. The highest BCUT2D eigenvalue weighted by Crippen LogP contribution is 2.35. The van der Waals surface area contributed by atoms with Crippen molar-refractivity contribution in [2.24, 2.45) is 0 Å². The van der Waals surface area contributed by atoms with Gasteiger partial charge in [0, 0.05) is 34.8 Å². The van der Waals surface area contributed by atoms with Crippen molar-refractivity contribution < 1.29 is 4.79 Å². The average Bonchev–Trinajstić information content (AvgIpc) is 3.54. The third-order valence-corrected chi connectivity index (χ3v) is 6.61. The van der Waals surface area contributed by atoms with Crippen LogP contribution in [0.15, 0.2) is 71.0 Å². The van der Waals surface area contributed by atoms with E-state index in [1.165, 1.54) is 16.4 Å². The molecule has 1 amide bonds. The van der Waals surface area contributed by atoms with E-state index in [9.17, 15) is 4.79 Å². The second kappa shape index (κ2) is 7.81. The lowest BCUT2D eigenvalue weighted by Gasteiger charge is -2.18. The molecule has 5 rings (SSSR count). The van der Waals surface area contributed by atoms with E-state index in [0.717, 1.165) is 22.4 Å². The number of rotatable bonds is 5. The Labute approximate surface area is 181 Å². The first kappa shape index (κ1) is 18.7. The van der Waals surface area contributed by atoms with Crippen LogP contribution in [0.3, 0.4) is 0 Å². The number of fused-ring (bicyclic) bond motifs is 1. The number of carbonyl (C=O) groups excluding carboxylic acids is 1. The minimum absolute atomic E-state index is 0.0445. The molecular formula is C22H17N5OS2. The van der Waals surface area contributed by atoms with Crippen LogP contribution >= 0.6 is 22.7 Å². The molecule has 30 heavy (non-hydrogen) atoms. The Morgan fingerprint density at radius 1 is 1.13 bits per heavy atom. The van der Waals surface area contributed by atoms with Crippen LogP contribution in [0.1, 0.15) is 15.9 Å². The number of hydrogen-bond acceptors (Lipinski definition) is 6. The topological polar surface area (TPSA) is 63.9 Å². The molecule has 0 atom stereocenters. The van der Waals surface area contributed by atoms with Gasteiger partial charge in [0.1, 0.15) is 6.33 Å². The van der Waals surface area contributed by atoms with E-state index in [1.54, 1.807) is 32.3 Å². The van der Waals surface area contributed by atoms with Gasteiger partial charge in [0.05, 0.1) is 5.69 Å². The maximum atomic E-state index is 13.2. The molecule has 6 nitrogen and oxygen atoms in total. The molecule has 3 heterocycles. The number of benzene rings is 2. The average molecular weight is 432 g/mol. The van der Waals surface area contributed by atoms with Crippen LogP contribution < -0.4 is 0 Å². The fraction of sp³-hybridized carbons (Fsp3) is 0.0909. The molecule has 0 saturated heterocycles. The van der Waals surface area contributed by atoms with Crippen LogP contribution in [0, 0.1) is 0 Å². The molecule has 8 heteroatoms. The maximum absolute atomic E-state index is 13.2. The molecule has 5 aromatic rings. The molecule has 0 unspecified atom stereocenters. The van der Waals surface area contributed by atoms with E-state index in [2.05, 4.69) is 38.4 Å². The number of tetrazole rings is 1. The van der Waals surface area contributed by atoms with Gasteiger partial charge in [-0.3, -0.25) is 4.79 Å². The van der Waals surface area contributed by atoms with Crippen molar-refractivity contribution in [3.8, 4) is 16.8 Å². The van der Waals surface area contributed by atoms with Crippen LogP contribution in [-0.2, 0) is 6.54 Å². The highest BCUT2D eigenvalue weighted by atomic mass is 32.1. The van der Waals surface area contributed by atoms with Crippen molar-refractivity contribution in [3.63, 3.8) is 0 Å². The minimum Gasteiger partial charge on any atom is -0.337 e. The third kappa shape index (κ3) is 3.51. The Morgan fingerprint density at radius 3 is 2.83 bits per heavy atom. The summed E-state index contributed by atoms with van der Waals surface area (Å²) in [6.45, 7) is 0.564. The number of nitrogens with zero attached hydrogens (tertiary/aromatic N) is 5. The lowest BCUT2D eigenvalue weighted by atomic mass is 10.0. The summed E-state index contributed by atoms with van der Waals surface area (Å²) in [4.78, 5) is 15.0. The first-order valence-corrected chi connectivity index (χ1v) is 11.1. The number of thiophene rings is 2. The zero-order chi connectivity index (χ0) is 20.5. The largest absolute Gasteiger partial charge is 0.337 e. The molecule has 0 aliphatic rings. The molecule has 3 aromatic heterocycles. The number of amides is 1. The fourth-order valence-electron chi connectivity index (χ4n) is 3.45. The summed E-state index contributed by atoms with van der Waals surface area (Å²) >= 11 is 3.32. The normalized spacial score (nSPS) is 11.1. The van der Waals surface area contributed by atoms with Gasteiger partial charge in [0.2, 0.25) is 0 Å². The Morgan fingerprint density at radius 2 is 2.03 bits per heavy atom. The predicted octanol–water partition coefficient (Wildman–Crippen LogP) is 4.88. The van der Waals surface area contributed by atoms with Crippen molar-refractivity contribution in [2.75, 3.05) is 7.05 Å². The van der Waals surface area contributed by atoms with Gasteiger partial charge in [-0.1, -0.05) is 18.2 Å². The van der Waals surface area contributed by atoms with Gasteiger partial charge in [0.25, 0.3) is 5.91 Å². The van der Waals surface area contributed by atoms with Gasteiger partial charge in [0.15, 0.2) is 0 Å². The van der Waals surface area contributed by atoms with E-state index in [4.69, 9.17) is 0 Å². The molecule has 148 valence electrons. The number of carbonyl (C=O) groups is 1. The Kier molecular flexibility index (Phi) is 4.86. The first-order valence-electron chi connectivity index (χ1n) is 9.30. The second-order valence-electron chi connectivity index (χ2n) is 6.96. The highest BCUT2D eigenvalue weighted by Gasteiger charge is 2.17. The number of hydrogen-bond donors (Lipinski definition) is 0. The molecule has 0 radical (unpaired) electrons. The molecule has 0 fully saturated rings. The summed E-state index contributed by atoms with van der Waals surface area (Å²) in [5.74, 6) is -0.0445. The van der Waals surface area contributed by atoms with Crippen molar-refractivity contribution in [1.82, 2.24) is 25.1 Å². The molecule has 0 spiro atoms. The summed E-state index contributed by atoms with van der Waals surface area (Å²) < 4.78 is 2.79. The maximum Gasteiger partial charge on any atom is 0.253 e. The SMILES string of the molecule is CN(Cc1ccsc1)C(=O)c1cc(-c2csc3ccccc23)cc(-n2cnnn2)c1. The summed E-state index contributed by atoms with van der Waals surface area (Å²) in [5.41, 5.74) is 4.54. The molecule has 2 aromatic carbocycles. The van der Waals surface area contributed by atoms with Gasteiger partial charge in [-0.15, -0.1) is 16.4 Å². The van der Waals surface area contributed by atoms with E-state index in [-0.39, 0.29) is 5.91 Å². The van der Waals surface area contributed by atoms with Crippen LogP contribution in [0.2, 0.25) is 0 Å². The zero-order valence-corrected chi connectivity index (χ0v) is 17.7. The zero-order valence-electron chi connectivity index (χ0n) is 16.1. The molecule has 0 bridgehead atoms. The Balaban J connectivity index is 1.59. The van der Waals surface area contributed by atoms with E-state index in [1.807, 2.05) is 48.8 Å². The summed E-state index contributed by atoms with van der Waals surface area (Å²) in [7, 11) is 1.82. The van der Waals surface area contributed by atoms with Gasteiger partial charge < -0.3 is 4.90 Å². The Hall–Kier alpha value is -3.36. The molecular weight excluding hydrogens is 414 g/mol. The standard InChI is InChI=1S/C22H17N5OS2/c1-26(11-15-6-7-29-12-15)22(28)17-8-16(9-18(10-17)27-14-23-24-25-27)20-13-30-21-5-3-2-4-19(20)21/h2-10,12-14H,11H2,1H3. The fourth-order valence-corrected chi connectivity index (χ4v) is 5.08. The van der Waals surface area contributed by atoms with Crippen LogP contribution in [0.4, 0.5) is 0 Å². The molecule has 0 aliphatic carbocycles. The van der Waals surface area contributed by atoms with E-state index in [0.29, 0.717) is 12.1 Å². The Bertz CT molecular complexity index is 1310. The quantitative estimate of drug-likeness (QED) is 0.398. The van der Waals surface area contributed by atoms with Crippen molar-refractivity contribution in [3.05, 3.63) is 82.1 Å². The predicted molar refractivity (Wildman–Crippen MR) is 120 cm³/mol. The van der Waals surface area contributed by atoms with Gasteiger partial charge in [-0.2, -0.15) is 11.3 Å². The summed E-state index contributed by atoms with van der Waals surface area (Å²) in [6.07, 6.45) is 1.54. The van der Waals surface area contributed by atoms with Gasteiger partial charge in [-0.25, -0.2) is 4.68 Å². The van der Waals surface area contributed by atoms with Crippen LogP contribution in [-0.4, -0.2) is 38.1 Å². The van der Waals surface area contributed by atoms with Crippen LogP contribution in [0.25, 0.3) is 26.9 Å². The lowest BCUT2D eigenvalue weighted by molar-refractivity contribution is 0.0785. The summed E-state index contributed by atoms with van der Waals surface area (Å²) in [6, 6.07) is 16.1. The molecule has 0 aliphatic heterocycles. The van der Waals surface area contributed by atoms with Crippen molar-refractivity contribution in [1.29, 1.82) is 0 Å². The smallest absolute Gasteiger partial charge is 0.253 e. The monoisotopic (exact) mass is 431 g/mol.